The summed E-state index contributed by atoms with van der Waals surface area (Å²) in [6.45, 7) is 2.10. The summed E-state index contributed by atoms with van der Waals surface area (Å²) in [5.41, 5.74) is 2.05. The molecule has 0 unspecified atom stereocenters. The lowest BCUT2D eigenvalue weighted by atomic mass is 10.1. The maximum Gasteiger partial charge on any atom is 0.197 e. The zero-order valence-corrected chi connectivity index (χ0v) is 16.5. The Hall–Kier alpha value is -3.57. The van der Waals surface area contributed by atoms with Gasteiger partial charge in [0.05, 0.1) is 6.61 Å². The first-order valence-electron chi connectivity index (χ1n) is 9.94. The van der Waals surface area contributed by atoms with Crippen LogP contribution >= 0.6 is 0 Å². The van der Waals surface area contributed by atoms with E-state index in [4.69, 9.17) is 9.15 Å². The molecule has 2 N–H and O–H groups in total. The third-order valence-corrected chi connectivity index (χ3v) is 4.78. The van der Waals surface area contributed by atoms with E-state index in [1.807, 2.05) is 48.5 Å². The Morgan fingerprint density at radius 1 is 0.933 bits per heavy atom. The number of hydrogen-bond acceptors (Lipinski definition) is 5. The Kier molecular flexibility index (Phi) is 6.11. The van der Waals surface area contributed by atoms with Crippen LogP contribution in [0.15, 0.2) is 88.1 Å². The summed E-state index contributed by atoms with van der Waals surface area (Å²) in [7, 11) is 0. The smallest absolute Gasteiger partial charge is 0.197 e. The topological polar surface area (TPSA) is 71.7 Å². The first-order chi connectivity index (χ1) is 14.7. The fourth-order valence-corrected chi connectivity index (χ4v) is 3.29. The van der Waals surface area contributed by atoms with Crippen molar-refractivity contribution < 1.29 is 14.3 Å². The van der Waals surface area contributed by atoms with Gasteiger partial charge in [-0.05, 0) is 18.5 Å². The molecule has 0 aliphatic heterocycles. The van der Waals surface area contributed by atoms with Crippen molar-refractivity contribution in [3.63, 3.8) is 0 Å². The first kappa shape index (κ1) is 19.7. The molecule has 1 heterocycles. The fraction of sp³-hybridized carbons (Fsp3) is 0.160. The minimum atomic E-state index is -0.288. The summed E-state index contributed by atoms with van der Waals surface area (Å²) in [5, 5.41) is 13.8. The molecule has 5 heteroatoms. The minimum Gasteiger partial charge on any atom is -0.507 e. The van der Waals surface area contributed by atoms with Crippen molar-refractivity contribution in [2.75, 3.05) is 13.2 Å². The number of aromatic hydroxyl groups is 1. The lowest BCUT2D eigenvalue weighted by molar-refractivity contribution is 0.306. The van der Waals surface area contributed by atoms with Gasteiger partial charge in [0.1, 0.15) is 28.2 Å². The van der Waals surface area contributed by atoms with Gasteiger partial charge in [-0.2, -0.15) is 0 Å². The van der Waals surface area contributed by atoms with E-state index in [9.17, 15) is 9.90 Å². The van der Waals surface area contributed by atoms with E-state index in [0.29, 0.717) is 23.7 Å². The molecule has 4 aromatic rings. The third kappa shape index (κ3) is 4.70. The lowest BCUT2D eigenvalue weighted by Gasteiger charge is -2.10. The Balaban J connectivity index is 1.41. The van der Waals surface area contributed by atoms with Crippen LogP contribution in [-0.2, 0) is 6.54 Å². The summed E-state index contributed by atoms with van der Waals surface area (Å²) in [6, 6.07) is 24.1. The monoisotopic (exact) mass is 401 g/mol. The van der Waals surface area contributed by atoms with E-state index >= 15 is 0 Å². The summed E-state index contributed by atoms with van der Waals surface area (Å²) in [6.07, 6.45) is 0.805. The molecule has 5 nitrogen and oxygen atoms in total. The molecule has 0 aliphatic carbocycles. The maximum atomic E-state index is 12.5. The van der Waals surface area contributed by atoms with Gasteiger partial charge in [-0.3, -0.25) is 4.79 Å². The minimum absolute atomic E-state index is 0.141. The second-order valence-electron chi connectivity index (χ2n) is 7.02. The number of ether oxygens (including phenoxy) is 1. The predicted octanol–water partition coefficient (Wildman–Crippen LogP) is 4.72. The highest BCUT2D eigenvalue weighted by Crippen LogP contribution is 2.31. The van der Waals surface area contributed by atoms with E-state index in [-0.39, 0.29) is 16.6 Å². The number of hydrogen-bond donors (Lipinski definition) is 2. The van der Waals surface area contributed by atoms with Crippen molar-refractivity contribution >= 4 is 11.0 Å². The highest BCUT2D eigenvalue weighted by molar-refractivity contribution is 5.86. The van der Waals surface area contributed by atoms with E-state index in [1.165, 1.54) is 17.7 Å². The summed E-state index contributed by atoms with van der Waals surface area (Å²) in [4.78, 5) is 12.5. The van der Waals surface area contributed by atoms with Crippen LogP contribution in [0.5, 0.6) is 11.5 Å². The number of phenols is 1. The van der Waals surface area contributed by atoms with Crippen LogP contribution in [0.3, 0.4) is 0 Å². The van der Waals surface area contributed by atoms with Gasteiger partial charge in [-0.25, -0.2) is 0 Å². The maximum absolute atomic E-state index is 12.5. The molecule has 0 radical (unpaired) electrons. The van der Waals surface area contributed by atoms with Crippen molar-refractivity contribution in [1.82, 2.24) is 5.32 Å². The van der Waals surface area contributed by atoms with Gasteiger partial charge in [0.2, 0.25) is 0 Å². The van der Waals surface area contributed by atoms with Crippen LogP contribution in [0.1, 0.15) is 12.0 Å². The van der Waals surface area contributed by atoms with Crippen molar-refractivity contribution in [3.05, 3.63) is 94.6 Å². The van der Waals surface area contributed by atoms with Crippen LogP contribution in [0.2, 0.25) is 0 Å². The van der Waals surface area contributed by atoms with Crippen LogP contribution < -0.4 is 15.5 Å². The highest BCUT2D eigenvalue weighted by atomic mass is 16.5. The number of benzene rings is 3. The molecule has 1 aromatic heterocycles. The van der Waals surface area contributed by atoms with Crippen LogP contribution in [-0.4, -0.2) is 18.3 Å². The van der Waals surface area contributed by atoms with Gasteiger partial charge in [-0.15, -0.1) is 0 Å². The highest BCUT2D eigenvalue weighted by Gasteiger charge is 2.12. The summed E-state index contributed by atoms with van der Waals surface area (Å²) < 4.78 is 11.7. The third-order valence-electron chi connectivity index (χ3n) is 4.78. The molecular formula is C25H23NO4. The average molecular weight is 401 g/mol. The van der Waals surface area contributed by atoms with E-state index in [0.717, 1.165) is 25.1 Å². The molecule has 0 saturated carbocycles. The average Bonchev–Trinajstić information content (AvgIpc) is 2.77. The van der Waals surface area contributed by atoms with Crippen molar-refractivity contribution in [1.29, 1.82) is 0 Å². The van der Waals surface area contributed by atoms with Gasteiger partial charge in [0, 0.05) is 30.3 Å². The SMILES string of the molecule is O=c1cc(-c2ccccc2)oc2cc(OCCCNCc3ccccc3)cc(O)c12. The largest absolute Gasteiger partial charge is 0.507 e. The fourth-order valence-electron chi connectivity index (χ4n) is 3.29. The standard InChI is InChI=1S/C25H23NO4/c27-21-14-20(29-13-7-12-26-17-18-8-3-1-4-9-18)15-24-25(21)22(28)16-23(30-24)19-10-5-2-6-11-19/h1-6,8-11,14-16,26-27H,7,12-13,17H2. The Morgan fingerprint density at radius 2 is 1.67 bits per heavy atom. The van der Waals surface area contributed by atoms with Gasteiger partial charge >= 0.3 is 0 Å². The molecule has 0 fully saturated rings. The molecule has 0 saturated heterocycles. The van der Waals surface area contributed by atoms with Crippen LogP contribution in [0.4, 0.5) is 0 Å². The van der Waals surface area contributed by atoms with Crippen LogP contribution in [0, 0.1) is 0 Å². The Labute approximate surface area is 174 Å². The predicted molar refractivity (Wildman–Crippen MR) is 118 cm³/mol. The second-order valence-corrected chi connectivity index (χ2v) is 7.02. The first-order valence-corrected chi connectivity index (χ1v) is 9.94. The molecule has 3 aromatic carbocycles. The van der Waals surface area contributed by atoms with Crippen molar-refractivity contribution in [2.24, 2.45) is 0 Å². The Bertz CT molecular complexity index is 1170. The number of fused-ring (bicyclic) bond motifs is 1. The van der Waals surface area contributed by atoms with Crippen molar-refractivity contribution in [2.45, 2.75) is 13.0 Å². The second kappa shape index (κ2) is 9.29. The molecule has 152 valence electrons. The lowest BCUT2D eigenvalue weighted by Crippen LogP contribution is -2.16. The van der Waals surface area contributed by atoms with Gasteiger partial charge in [-0.1, -0.05) is 60.7 Å². The zero-order valence-electron chi connectivity index (χ0n) is 16.5. The van der Waals surface area contributed by atoms with Gasteiger partial charge in [0.25, 0.3) is 0 Å². The molecular weight excluding hydrogens is 378 g/mol. The summed E-state index contributed by atoms with van der Waals surface area (Å²) in [5.74, 6) is 0.782. The normalized spacial score (nSPS) is 10.9. The van der Waals surface area contributed by atoms with E-state index in [2.05, 4.69) is 17.4 Å². The Morgan fingerprint density at radius 3 is 2.43 bits per heavy atom. The van der Waals surface area contributed by atoms with Gasteiger partial charge < -0.3 is 19.6 Å². The van der Waals surface area contributed by atoms with E-state index in [1.54, 1.807) is 6.07 Å². The van der Waals surface area contributed by atoms with E-state index < -0.39 is 0 Å². The molecule has 30 heavy (non-hydrogen) atoms. The molecule has 4 rings (SSSR count). The van der Waals surface area contributed by atoms with Gasteiger partial charge in [0.15, 0.2) is 5.43 Å². The molecule has 0 amide bonds. The molecule has 0 spiro atoms. The number of nitrogens with one attached hydrogen (secondary N) is 1. The molecule has 0 aliphatic rings. The zero-order chi connectivity index (χ0) is 20.8. The number of rotatable bonds is 8. The molecule has 0 atom stereocenters. The molecule has 0 bridgehead atoms. The summed E-state index contributed by atoms with van der Waals surface area (Å²) >= 11 is 0. The van der Waals surface area contributed by atoms with Crippen LogP contribution in [0.25, 0.3) is 22.3 Å². The van der Waals surface area contributed by atoms with Crippen molar-refractivity contribution in [3.8, 4) is 22.8 Å². The number of phenolic OH excluding ortho intramolecular Hbond substituents is 1. The quantitative estimate of drug-likeness (QED) is 0.418.